The molecule has 114 valence electrons. The van der Waals surface area contributed by atoms with E-state index in [1.165, 1.54) is 25.9 Å². The van der Waals surface area contributed by atoms with Gasteiger partial charge in [-0.25, -0.2) is 4.98 Å². The number of aromatic nitrogens is 1. The zero-order valence-electron chi connectivity index (χ0n) is 13.1. The largest absolute Gasteiger partial charge is 0.391 e. The number of thiazole rings is 1. The molecule has 0 radical (unpaired) electrons. The van der Waals surface area contributed by atoms with E-state index in [0.717, 1.165) is 28.2 Å². The van der Waals surface area contributed by atoms with E-state index in [1.807, 2.05) is 0 Å². The van der Waals surface area contributed by atoms with Gasteiger partial charge in [-0.2, -0.15) is 0 Å². The fourth-order valence-corrected chi connectivity index (χ4v) is 3.83. The number of piperidine rings is 1. The summed E-state index contributed by atoms with van der Waals surface area (Å²) >= 11 is 1.64. The first-order valence-electron chi connectivity index (χ1n) is 7.51. The summed E-state index contributed by atoms with van der Waals surface area (Å²) in [6.45, 7) is 7.85. The summed E-state index contributed by atoms with van der Waals surface area (Å²) in [5, 5.41) is 10.5. The Morgan fingerprint density at radius 2 is 2.05 bits per heavy atom. The van der Waals surface area contributed by atoms with Gasteiger partial charge in [-0.1, -0.05) is 25.2 Å². The van der Waals surface area contributed by atoms with Crippen molar-refractivity contribution in [3.8, 4) is 0 Å². The molecule has 1 fully saturated rings. The van der Waals surface area contributed by atoms with Gasteiger partial charge >= 0.3 is 0 Å². The fraction of sp³-hybridized carbons (Fsp3) is 0.800. The third-order valence-electron chi connectivity index (χ3n) is 4.10. The summed E-state index contributed by atoms with van der Waals surface area (Å²) in [4.78, 5) is 10.4. The van der Waals surface area contributed by atoms with E-state index in [9.17, 15) is 5.11 Å². The lowest BCUT2D eigenvalue weighted by atomic mass is 9.97. The molecule has 0 aromatic carbocycles. The van der Waals surface area contributed by atoms with E-state index >= 15 is 0 Å². The zero-order valence-corrected chi connectivity index (χ0v) is 13.9. The van der Waals surface area contributed by atoms with Crippen LogP contribution in [0.3, 0.4) is 0 Å². The van der Waals surface area contributed by atoms with Crippen LogP contribution in [0.2, 0.25) is 0 Å². The number of hydrogen-bond acceptors (Lipinski definition) is 5. The number of aliphatic hydroxyl groups is 1. The van der Waals surface area contributed by atoms with Gasteiger partial charge in [0.15, 0.2) is 5.13 Å². The molecule has 4 nitrogen and oxygen atoms in total. The van der Waals surface area contributed by atoms with Gasteiger partial charge in [0.2, 0.25) is 0 Å². The number of hydrogen-bond donors (Lipinski definition) is 1. The van der Waals surface area contributed by atoms with Crippen LogP contribution in [0.15, 0.2) is 0 Å². The van der Waals surface area contributed by atoms with Gasteiger partial charge < -0.3 is 14.9 Å². The number of rotatable bonds is 5. The monoisotopic (exact) mass is 297 g/mol. The van der Waals surface area contributed by atoms with Crippen LogP contribution in [0.4, 0.5) is 5.13 Å². The molecule has 20 heavy (non-hydrogen) atoms. The van der Waals surface area contributed by atoms with Crippen LogP contribution >= 0.6 is 11.3 Å². The Morgan fingerprint density at radius 3 is 2.55 bits per heavy atom. The molecule has 0 bridgehead atoms. The molecule has 1 saturated heterocycles. The Hall–Kier alpha value is -0.650. The minimum absolute atomic E-state index is 0.104. The highest BCUT2D eigenvalue weighted by Crippen LogP contribution is 2.31. The van der Waals surface area contributed by atoms with Crippen LogP contribution in [-0.4, -0.2) is 48.7 Å². The Balaban J connectivity index is 2.00. The molecule has 0 amide bonds. The maximum Gasteiger partial charge on any atom is 0.185 e. The van der Waals surface area contributed by atoms with E-state index in [-0.39, 0.29) is 6.61 Å². The normalized spacial score (nSPS) is 17.9. The van der Waals surface area contributed by atoms with E-state index in [4.69, 9.17) is 4.98 Å². The number of likely N-dealkylation sites (tertiary alicyclic amines) is 1. The van der Waals surface area contributed by atoms with Crippen molar-refractivity contribution in [2.45, 2.75) is 39.2 Å². The van der Waals surface area contributed by atoms with Crippen LogP contribution in [-0.2, 0) is 6.61 Å². The van der Waals surface area contributed by atoms with E-state index in [1.54, 1.807) is 11.3 Å². The predicted octanol–water partition coefficient (Wildman–Crippen LogP) is 2.54. The fourth-order valence-electron chi connectivity index (χ4n) is 2.79. The van der Waals surface area contributed by atoms with Crippen molar-refractivity contribution in [1.29, 1.82) is 0 Å². The van der Waals surface area contributed by atoms with Gasteiger partial charge in [-0.05, 0) is 44.8 Å². The SMILES string of the molecule is CC(C)c1nc(N(C)CC2CCN(C)CC2)sc1CO. The van der Waals surface area contributed by atoms with Crippen molar-refractivity contribution in [3.63, 3.8) is 0 Å². The Morgan fingerprint density at radius 1 is 1.40 bits per heavy atom. The van der Waals surface area contributed by atoms with Gasteiger partial charge in [0.25, 0.3) is 0 Å². The zero-order chi connectivity index (χ0) is 14.7. The molecule has 0 unspecified atom stereocenters. The average molecular weight is 297 g/mol. The maximum atomic E-state index is 9.46. The molecule has 1 aromatic heterocycles. The van der Waals surface area contributed by atoms with E-state index in [2.05, 4.69) is 37.7 Å². The molecule has 1 aliphatic heterocycles. The molecule has 0 aliphatic carbocycles. The second kappa shape index (κ2) is 6.87. The van der Waals surface area contributed by atoms with Crippen LogP contribution in [0.5, 0.6) is 0 Å². The van der Waals surface area contributed by atoms with Crippen LogP contribution in [0.1, 0.15) is 43.2 Å². The molecule has 0 saturated carbocycles. The third kappa shape index (κ3) is 3.71. The van der Waals surface area contributed by atoms with E-state index < -0.39 is 0 Å². The molecule has 2 rings (SSSR count). The first-order valence-corrected chi connectivity index (χ1v) is 8.33. The number of aliphatic hydroxyl groups excluding tert-OH is 1. The first kappa shape index (κ1) is 15.7. The molecule has 2 heterocycles. The Kier molecular flexibility index (Phi) is 5.41. The van der Waals surface area contributed by atoms with Crippen molar-refractivity contribution < 1.29 is 5.11 Å². The lowest BCUT2D eigenvalue weighted by Crippen LogP contribution is -2.35. The molecule has 1 aliphatic rings. The molecule has 1 aromatic rings. The highest BCUT2D eigenvalue weighted by molar-refractivity contribution is 7.15. The summed E-state index contributed by atoms with van der Waals surface area (Å²) in [6, 6.07) is 0. The second-order valence-corrected chi connectivity index (χ2v) is 7.31. The van der Waals surface area contributed by atoms with Gasteiger partial charge in [-0.3, -0.25) is 0 Å². The quantitative estimate of drug-likeness (QED) is 0.906. The maximum absolute atomic E-state index is 9.46. The Labute approximate surface area is 126 Å². The molecular formula is C15H27N3OS. The number of nitrogens with zero attached hydrogens (tertiary/aromatic N) is 3. The van der Waals surface area contributed by atoms with Crippen molar-refractivity contribution in [2.75, 3.05) is 38.6 Å². The Bertz CT molecular complexity index is 425. The summed E-state index contributed by atoms with van der Waals surface area (Å²) in [5.41, 5.74) is 1.06. The minimum Gasteiger partial charge on any atom is -0.391 e. The first-order chi connectivity index (χ1) is 9.51. The standard InChI is InChI=1S/C15H27N3OS/c1-11(2)14-13(10-19)20-15(16-14)18(4)9-12-5-7-17(3)8-6-12/h11-12,19H,5-10H2,1-4H3. The van der Waals surface area contributed by atoms with Crippen molar-refractivity contribution in [2.24, 2.45) is 5.92 Å². The summed E-state index contributed by atoms with van der Waals surface area (Å²) in [7, 11) is 4.33. The molecule has 0 spiro atoms. The lowest BCUT2D eigenvalue weighted by Gasteiger charge is -2.31. The van der Waals surface area contributed by atoms with Gasteiger partial charge in [0.05, 0.1) is 17.2 Å². The average Bonchev–Trinajstić information content (AvgIpc) is 2.86. The van der Waals surface area contributed by atoms with Crippen molar-refractivity contribution in [1.82, 2.24) is 9.88 Å². The molecular weight excluding hydrogens is 270 g/mol. The van der Waals surface area contributed by atoms with Crippen molar-refractivity contribution in [3.05, 3.63) is 10.6 Å². The van der Waals surface area contributed by atoms with Gasteiger partial charge in [0.1, 0.15) is 0 Å². The molecule has 5 heteroatoms. The van der Waals surface area contributed by atoms with Crippen LogP contribution in [0, 0.1) is 5.92 Å². The lowest BCUT2D eigenvalue weighted by molar-refractivity contribution is 0.222. The third-order valence-corrected chi connectivity index (χ3v) is 5.27. The highest BCUT2D eigenvalue weighted by Gasteiger charge is 2.21. The highest BCUT2D eigenvalue weighted by atomic mass is 32.1. The molecule has 0 atom stereocenters. The summed E-state index contributed by atoms with van der Waals surface area (Å²) in [6.07, 6.45) is 2.55. The van der Waals surface area contributed by atoms with Crippen molar-refractivity contribution >= 4 is 16.5 Å². The predicted molar refractivity (Wildman–Crippen MR) is 85.6 cm³/mol. The van der Waals surface area contributed by atoms with Crippen LogP contribution < -0.4 is 4.90 Å². The smallest absolute Gasteiger partial charge is 0.185 e. The minimum atomic E-state index is 0.104. The molecule has 1 N–H and O–H groups in total. The summed E-state index contributed by atoms with van der Waals surface area (Å²) < 4.78 is 0. The summed E-state index contributed by atoms with van der Waals surface area (Å²) in [5.74, 6) is 1.14. The van der Waals surface area contributed by atoms with Gasteiger partial charge in [-0.15, -0.1) is 0 Å². The topological polar surface area (TPSA) is 39.6 Å². The van der Waals surface area contributed by atoms with Crippen LogP contribution in [0.25, 0.3) is 0 Å². The number of anilines is 1. The van der Waals surface area contributed by atoms with E-state index in [0.29, 0.717) is 5.92 Å². The second-order valence-electron chi connectivity index (χ2n) is 6.24. The van der Waals surface area contributed by atoms with Gasteiger partial charge in [0, 0.05) is 13.6 Å².